The number of hydrogen-bond acceptors (Lipinski definition) is 3. The Morgan fingerprint density at radius 1 is 1.27 bits per heavy atom. The smallest absolute Gasteiger partial charge is 0.151 e. The molecule has 66 valence electrons. The fraction of sp³-hybridized carbons (Fsp3) is 0.833. The molecule has 0 heterocycles. The lowest BCUT2D eigenvalue weighted by Crippen LogP contribution is -2.12. The molecule has 0 saturated carbocycles. The standard InChI is InChI=1S/C6H11ClO3S/c7-3-6-11(9,10)5-2-1-4-8/h4H,1-3,5-6H2. The maximum Gasteiger partial charge on any atom is 0.151 e. The molecular formula is C6H11ClO3S. The van der Waals surface area contributed by atoms with Crippen LogP contribution in [0.5, 0.6) is 0 Å². The molecule has 0 aromatic heterocycles. The van der Waals surface area contributed by atoms with Gasteiger partial charge in [-0.15, -0.1) is 11.6 Å². The summed E-state index contributed by atoms with van der Waals surface area (Å²) in [7, 11) is -2.99. The fourth-order valence-corrected chi connectivity index (χ4v) is 2.36. The highest BCUT2D eigenvalue weighted by atomic mass is 35.5. The molecule has 0 spiro atoms. The molecule has 0 aliphatic rings. The predicted molar refractivity (Wildman–Crippen MR) is 44.7 cm³/mol. The molecule has 0 aliphatic heterocycles. The number of sulfone groups is 1. The van der Waals surface area contributed by atoms with Crippen LogP contribution in [0.15, 0.2) is 0 Å². The summed E-state index contributed by atoms with van der Waals surface area (Å²) >= 11 is 5.25. The van der Waals surface area contributed by atoms with E-state index in [1.165, 1.54) is 0 Å². The first-order chi connectivity index (χ1) is 5.12. The summed E-state index contributed by atoms with van der Waals surface area (Å²) < 4.78 is 21.8. The molecule has 0 aromatic rings. The van der Waals surface area contributed by atoms with Gasteiger partial charge in [0.1, 0.15) is 6.29 Å². The van der Waals surface area contributed by atoms with Gasteiger partial charge in [-0.1, -0.05) is 0 Å². The molecular weight excluding hydrogens is 188 g/mol. The minimum Gasteiger partial charge on any atom is -0.303 e. The van der Waals surface area contributed by atoms with E-state index < -0.39 is 9.84 Å². The van der Waals surface area contributed by atoms with E-state index in [1.807, 2.05) is 0 Å². The molecule has 3 nitrogen and oxygen atoms in total. The Balaban J connectivity index is 3.64. The topological polar surface area (TPSA) is 51.2 Å². The maximum absolute atomic E-state index is 10.9. The van der Waals surface area contributed by atoms with E-state index in [9.17, 15) is 13.2 Å². The van der Waals surface area contributed by atoms with Crippen LogP contribution in [0, 0.1) is 0 Å². The Kier molecular flexibility index (Phi) is 5.50. The van der Waals surface area contributed by atoms with Crippen LogP contribution in [-0.4, -0.2) is 32.1 Å². The molecule has 0 N–H and O–H groups in total. The van der Waals surface area contributed by atoms with Gasteiger partial charge in [0.05, 0.1) is 11.5 Å². The summed E-state index contributed by atoms with van der Waals surface area (Å²) in [6.45, 7) is 0. The van der Waals surface area contributed by atoms with Crippen molar-refractivity contribution in [1.29, 1.82) is 0 Å². The summed E-state index contributed by atoms with van der Waals surface area (Å²) in [4.78, 5) is 9.83. The van der Waals surface area contributed by atoms with Gasteiger partial charge in [0.15, 0.2) is 9.84 Å². The van der Waals surface area contributed by atoms with Gasteiger partial charge in [-0.25, -0.2) is 8.42 Å². The molecule has 0 rings (SSSR count). The van der Waals surface area contributed by atoms with Crippen LogP contribution in [0.1, 0.15) is 12.8 Å². The molecule has 0 fully saturated rings. The first-order valence-electron chi connectivity index (χ1n) is 3.32. The minimum atomic E-state index is -2.99. The highest BCUT2D eigenvalue weighted by Crippen LogP contribution is 1.96. The van der Waals surface area contributed by atoms with Crippen LogP contribution in [0.25, 0.3) is 0 Å². The summed E-state index contributed by atoms with van der Waals surface area (Å²) in [6, 6.07) is 0. The van der Waals surface area contributed by atoms with Crippen molar-refractivity contribution in [3.8, 4) is 0 Å². The third-order valence-electron chi connectivity index (χ3n) is 1.17. The summed E-state index contributed by atoms with van der Waals surface area (Å²) in [5, 5.41) is 0. The van der Waals surface area contributed by atoms with E-state index in [-0.39, 0.29) is 17.4 Å². The van der Waals surface area contributed by atoms with Crippen molar-refractivity contribution in [2.75, 3.05) is 17.4 Å². The number of hydrogen-bond donors (Lipinski definition) is 0. The third kappa shape index (κ3) is 6.31. The van der Waals surface area contributed by atoms with Crippen molar-refractivity contribution in [2.45, 2.75) is 12.8 Å². The first kappa shape index (κ1) is 10.9. The second-order valence-electron chi connectivity index (χ2n) is 2.15. The second kappa shape index (κ2) is 5.55. The molecule has 0 amide bonds. The zero-order valence-corrected chi connectivity index (χ0v) is 7.70. The van der Waals surface area contributed by atoms with Crippen molar-refractivity contribution >= 4 is 27.7 Å². The van der Waals surface area contributed by atoms with Gasteiger partial charge < -0.3 is 4.79 Å². The zero-order chi connectivity index (χ0) is 8.74. The number of alkyl halides is 1. The zero-order valence-electron chi connectivity index (χ0n) is 6.12. The Labute approximate surface area is 71.7 Å². The van der Waals surface area contributed by atoms with Crippen LogP contribution in [0.2, 0.25) is 0 Å². The van der Waals surface area contributed by atoms with E-state index >= 15 is 0 Å². The van der Waals surface area contributed by atoms with Crippen LogP contribution in [0.4, 0.5) is 0 Å². The van der Waals surface area contributed by atoms with Gasteiger partial charge in [0, 0.05) is 12.3 Å². The predicted octanol–water partition coefficient (Wildman–Crippen LogP) is 0.619. The van der Waals surface area contributed by atoms with Crippen LogP contribution >= 0.6 is 11.6 Å². The van der Waals surface area contributed by atoms with Gasteiger partial charge in [-0.3, -0.25) is 0 Å². The van der Waals surface area contributed by atoms with Crippen molar-refractivity contribution in [3.05, 3.63) is 0 Å². The second-order valence-corrected chi connectivity index (χ2v) is 4.83. The molecule has 0 saturated heterocycles. The SMILES string of the molecule is O=CCCCS(=O)(=O)CCCl. The number of carbonyl (C=O) groups excluding carboxylic acids is 1. The largest absolute Gasteiger partial charge is 0.303 e. The lowest BCUT2D eigenvalue weighted by atomic mass is 10.4. The number of rotatable bonds is 6. The number of carbonyl (C=O) groups is 1. The Hall–Kier alpha value is -0.0900. The number of aldehydes is 1. The molecule has 11 heavy (non-hydrogen) atoms. The molecule has 0 radical (unpaired) electrons. The molecule has 0 atom stereocenters. The van der Waals surface area contributed by atoms with E-state index in [1.54, 1.807) is 0 Å². The minimum absolute atomic E-state index is 0.00735. The summed E-state index contributed by atoms with van der Waals surface area (Å²) in [6.07, 6.45) is 1.43. The quantitative estimate of drug-likeness (QED) is 0.357. The van der Waals surface area contributed by atoms with Crippen molar-refractivity contribution in [3.63, 3.8) is 0 Å². The van der Waals surface area contributed by atoms with Gasteiger partial charge in [0.25, 0.3) is 0 Å². The van der Waals surface area contributed by atoms with E-state index in [0.717, 1.165) is 6.29 Å². The maximum atomic E-state index is 10.9. The van der Waals surface area contributed by atoms with Crippen LogP contribution in [-0.2, 0) is 14.6 Å². The first-order valence-corrected chi connectivity index (χ1v) is 5.68. The van der Waals surface area contributed by atoms with Crippen molar-refractivity contribution < 1.29 is 13.2 Å². The molecule has 5 heteroatoms. The average molecular weight is 199 g/mol. The Morgan fingerprint density at radius 2 is 1.91 bits per heavy atom. The summed E-state index contributed by atoms with van der Waals surface area (Å²) in [5.41, 5.74) is 0. The molecule has 0 bridgehead atoms. The van der Waals surface area contributed by atoms with Gasteiger partial charge in [-0.2, -0.15) is 0 Å². The third-order valence-corrected chi connectivity index (χ3v) is 3.32. The van der Waals surface area contributed by atoms with Gasteiger partial charge in [0.2, 0.25) is 0 Å². The number of halogens is 1. The lowest BCUT2D eigenvalue weighted by Gasteiger charge is -1.97. The van der Waals surface area contributed by atoms with E-state index in [2.05, 4.69) is 0 Å². The van der Waals surface area contributed by atoms with Crippen LogP contribution in [0.3, 0.4) is 0 Å². The Bertz CT molecular complexity index is 198. The molecule has 0 aromatic carbocycles. The average Bonchev–Trinajstić information content (AvgIpc) is 1.87. The highest BCUT2D eigenvalue weighted by Gasteiger charge is 2.08. The normalized spacial score (nSPS) is 11.4. The molecule has 0 unspecified atom stereocenters. The van der Waals surface area contributed by atoms with Crippen molar-refractivity contribution in [1.82, 2.24) is 0 Å². The number of unbranched alkanes of at least 4 members (excludes halogenated alkanes) is 1. The van der Waals surface area contributed by atoms with E-state index in [0.29, 0.717) is 12.8 Å². The van der Waals surface area contributed by atoms with Gasteiger partial charge in [-0.05, 0) is 6.42 Å². The fourth-order valence-electron chi connectivity index (χ4n) is 0.606. The van der Waals surface area contributed by atoms with Crippen molar-refractivity contribution in [2.24, 2.45) is 0 Å². The summed E-state index contributed by atoms with van der Waals surface area (Å²) in [5.74, 6) is 0.204. The monoisotopic (exact) mass is 198 g/mol. The highest BCUT2D eigenvalue weighted by molar-refractivity contribution is 7.91. The van der Waals surface area contributed by atoms with Gasteiger partial charge >= 0.3 is 0 Å². The van der Waals surface area contributed by atoms with E-state index in [4.69, 9.17) is 11.6 Å². The lowest BCUT2D eigenvalue weighted by molar-refractivity contribution is -0.107. The molecule has 0 aliphatic carbocycles. The van der Waals surface area contributed by atoms with Crippen LogP contribution < -0.4 is 0 Å². The Morgan fingerprint density at radius 3 is 2.36 bits per heavy atom.